The molecule has 116 valence electrons. The van der Waals surface area contributed by atoms with Crippen molar-refractivity contribution in [3.8, 4) is 22.3 Å². The summed E-state index contributed by atoms with van der Waals surface area (Å²) in [6.07, 6.45) is 0. The van der Waals surface area contributed by atoms with Gasteiger partial charge in [0.1, 0.15) is 0 Å². The van der Waals surface area contributed by atoms with Crippen LogP contribution in [0.5, 0.6) is 0 Å². The van der Waals surface area contributed by atoms with Crippen LogP contribution in [-0.4, -0.2) is 10.2 Å². The largest absolute Gasteiger partial charge is 0.271 e. The van der Waals surface area contributed by atoms with Gasteiger partial charge in [-0.3, -0.25) is 19.8 Å². The van der Waals surface area contributed by atoms with Gasteiger partial charge in [0.25, 0.3) is 11.1 Å². The van der Waals surface area contributed by atoms with Crippen LogP contribution < -0.4 is 11.1 Å². The predicted molar refractivity (Wildman–Crippen MR) is 96.1 cm³/mol. The van der Waals surface area contributed by atoms with Gasteiger partial charge in [-0.25, -0.2) is 0 Å². The molecule has 1 heterocycles. The van der Waals surface area contributed by atoms with Crippen molar-refractivity contribution in [1.29, 1.82) is 0 Å². The van der Waals surface area contributed by atoms with Gasteiger partial charge in [-0.1, -0.05) is 66.7 Å². The molecule has 4 rings (SSSR count). The van der Waals surface area contributed by atoms with Gasteiger partial charge in [-0.2, -0.15) is 0 Å². The van der Waals surface area contributed by atoms with E-state index in [2.05, 4.69) is 10.2 Å². The van der Waals surface area contributed by atoms with E-state index in [0.29, 0.717) is 10.8 Å². The van der Waals surface area contributed by atoms with Crippen LogP contribution in [0.15, 0.2) is 82.4 Å². The van der Waals surface area contributed by atoms with E-state index in [0.717, 1.165) is 22.3 Å². The first kappa shape index (κ1) is 14.2. The van der Waals surface area contributed by atoms with Crippen LogP contribution in [0.4, 0.5) is 0 Å². The van der Waals surface area contributed by atoms with Crippen LogP contribution in [0.25, 0.3) is 33.0 Å². The SMILES string of the molecule is O=c1[nH][nH]c(=O)c2c(-c3ccccc3)c(-c3ccccc3)ccc12. The lowest BCUT2D eigenvalue weighted by atomic mass is 9.91. The third kappa shape index (κ3) is 2.25. The smallest absolute Gasteiger partial charge is 0.267 e. The summed E-state index contributed by atoms with van der Waals surface area (Å²) in [5, 5.41) is 5.62. The third-order valence-corrected chi connectivity index (χ3v) is 4.11. The summed E-state index contributed by atoms with van der Waals surface area (Å²) in [6, 6.07) is 23.1. The number of benzene rings is 3. The van der Waals surface area contributed by atoms with Crippen LogP contribution in [0.1, 0.15) is 0 Å². The highest BCUT2D eigenvalue weighted by Gasteiger charge is 2.15. The van der Waals surface area contributed by atoms with Crippen molar-refractivity contribution in [1.82, 2.24) is 10.2 Å². The van der Waals surface area contributed by atoms with Gasteiger partial charge in [0.05, 0.1) is 10.8 Å². The standard InChI is InChI=1S/C20H14N2O2/c23-19-16-12-11-15(13-7-3-1-4-8-13)17(14-9-5-2-6-10-14)18(16)20(24)22-21-19/h1-12H,(H,21,23)(H,22,24). The summed E-state index contributed by atoms with van der Waals surface area (Å²) < 4.78 is 0. The third-order valence-electron chi connectivity index (χ3n) is 4.11. The Kier molecular flexibility index (Phi) is 3.35. The number of H-pyrrole nitrogens is 2. The van der Waals surface area contributed by atoms with Crippen molar-refractivity contribution in [3.05, 3.63) is 93.5 Å². The van der Waals surface area contributed by atoms with Crippen LogP contribution in [-0.2, 0) is 0 Å². The second kappa shape index (κ2) is 5.66. The summed E-state index contributed by atoms with van der Waals surface area (Å²) in [5.74, 6) is 0. The lowest BCUT2D eigenvalue weighted by Crippen LogP contribution is -2.19. The van der Waals surface area contributed by atoms with Gasteiger partial charge in [-0.15, -0.1) is 0 Å². The summed E-state index contributed by atoms with van der Waals surface area (Å²) in [7, 11) is 0. The number of aromatic nitrogens is 2. The maximum atomic E-state index is 12.5. The number of hydrogen-bond donors (Lipinski definition) is 2. The average Bonchev–Trinajstić information content (AvgIpc) is 2.65. The van der Waals surface area contributed by atoms with E-state index >= 15 is 0 Å². The zero-order chi connectivity index (χ0) is 16.5. The molecular weight excluding hydrogens is 300 g/mol. The minimum Gasteiger partial charge on any atom is -0.267 e. The highest BCUT2D eigenvalue weighted by molar-refractivity contribution is 6.03. The fourth-order valence-corrected chi connectivity index (χ4v) is 3.03. The molecule has 4 nitrogen and oxygen atoms in total. The van der Waals surface area contributed by atoms with E-state index in [4.69, 9.17) is 0 Å². The zero-order valence-electron chi connectivity index (χ0n) is 12.7. The average molecular weight is 314 g/mol. The number of rotatable bonds is 2. The highest BCUT2D eigenvalue weighted by atomic mass is 16.1. The molecule has 0 aliphatic heterocycles. The van der Waals surface area contributed by atoms with E-state index in [1.807, 2.05) is 66.7 Å². The Labute approximate surface area is 137 Å². The van der Waals surface area contributed by atoms with Crippen LogP contribution in [0.3, 0.4) is 0 Å². The normalized spacial score (nSPS) is 10.8. The molecule has 0 aliphatic carbocycles. The topological polar surface area (TPSA) is 65.7 Å². The molecule has 3 aromatic carbocycles. The molecule has 0 bridgehead atoms. The molecule has 0 radical (unpaired) electrons. The van der Waals surface area contributed by atoms with E-state index in [9.17, 15) is 9.59 Å². The lowest BCUT2D eigenvalue weighted by Gasteiger charge is -2.13. The lowest BCUT2D eigenvalue weighted by molar-refractivity contribution is 0.977. The fraction of sp³-hybridized carbons (Fsp3) is 0. The Morgan fingerprint density at radius 2 is 1.17 bits per heavy atom. The van der Waals surface area contributed by atoms with Crippen molar-refractivity contribution in [2.24, 2.45) is 0 Å². The molecular formula is C20H14N2O2. The zero-order valence-corrected chi connectivity index (χ0v) is 12.7. The van der Waals surface area contributed by atoms with Crippen molar-refractivity contribution >= 4 is 10.8 Å². The minimum absolute atomic E-state index is 0.304. The van der Waals surface area contributed by atoms with E-state index in [1.165, 1.54) is 0 Å². The quantitative estimate of drug-likeness (QED) is 0.594. The minimum atomic E-state index is -0.304. The van der Waals surface area contributed by atoms with E-state index < -0.39 is 0 Å². The van der Waals surface area contributed by atoms with Crippen molar-refractivity contribution < 1.29 is 0 Å². The Morgan fingerprint density at radius 1 is 0.583 bits per heavy atom. The highest BCUT2D eigenvalue weighted by Crippen LogP contribution is 2.35. The molecule has 0 saturated heterocycles. The Bertz CT molecular complexity index is 1130. The Hall–Kier alpha value is -3.40. The van der Waals surface area contributed by atoms with Crippen LogP contribution in [0.2, 0.25) is 0 Å². The second-order valence-electron chi connectivity index (χ2n) is 5.55. The molecule has 0 spiro atoms. The van der Waals surface area contributed by atoms with Crippen LogP contribution in [0, 0.1) is 0 Å². The van der Waals surface area contributed by atoms with E-state index in [-0.39, 0.29) is 11.1 Å². The van der Waals surface area contributed by atoms with Crippen LogP contribution >= 0.6 is 0 Å². The van der Waals surface area contributed by atoms with Gasteiger partial charge >= 0.3 is 0 Å². The fourth-order valence-electron chi connectivity index (χ4n) is 3.03. The molecule has 0 atom stereocenters. The van der Waals surface area contributed by atoms with Crippen molar-refractivity contribution in [3.63, 3.8) is 0 Å². The maximum absolute atomic E-state index is 12.5. The molecule has 1 aromatic heterocycles. The summed E-state index contributed by atoms with van der Waals surface area (Å²) in [5.41, 5.74) is 2.98. The first-order valence-electron chi connectivity index (χ1n) is 7.64. The molecule has 4 aromatic rings. The summed E-state index contributed by atoms with van der Waals surface area (Å²) >= 11 is 0. The predicted octanol–water partition coefficient (Wildman–Crippen LogP) is 3.55. The van der Waals surface area contributed by atoms with Gasteiger partial charge in [0.15, 0.2) is 0 Å². The molecule has 0 saturated carbocycles. The maximum Gasteiger partial charge on any atom is 0.271 e. The number of nitrogens with one attached hydrogen (secondary N) is 2. The molecule has 2 N–H and O–H groups in total. The molecule has 0 amide bonds. The molecule has 0 fully saturated rings. The first-order chi connectivity index (χ1) is 11.8. The van der Waals surface area contributed by atoms with Gasteiger partial charge < -0.3 is 0 Å². The van der Waals surface area contributed by atoms with Gasteiger partial charge in [0, 0.05) is 5.56 Å². The Balaban J connectivity index is 2.21. The molecule has 0 unspecified atom stereocenters. The monoisotopic (exact) mass is 314 g/mol. The first-order valence-corrected chi connectivity index (χ1v) is 7.64. The molecule has 4 heteroatoms. The van der Waals surface area contributed by atoms with Crippen molar-refractivity contribution in [2.75, 3.05) is 0 Å². The Morgan fingerprint density at radius 3 is 1.83 bits per heavy atom. The molecule has 0 aliphatic rings. The van der Waals surface area contributed by atoms with Gasteiger partial charge in [0.2, 0.25) is 0 Å². The number of hydrogen-bond acceptors (Lipinski definition) is 2. The summed E-state index contributed by atoms with van der Waals surface area (Å²) in [4.78, 5) is 24.6. The van der Waals surface area contributed by atoms with Gasteiger partial charge in [-0.05, 0) is 22.8 Å². The number of aromatic amines is 2. The van der Waals surface area contributed by atoms with E-state index in [1.54, 1.807) is 6.07 Å². The molecule has 24 heavy (non-hydrogen) atoms. The van der Waals surface area contributed by atoms with Crippen molar-refractivity contribution in [2.45, 2.75) is 0 Å². The number of fused-ring (bicyclic) bond motifs is 1. The second-order valence-corrected chi connectivity index (χ2v) is 5.55. The summed E-state index contributed by atoms with van der Waals surface area (Å²) in [6.45, 7) is 0.